The van der Waals surface area contributed by atoms with Gasteiger partial charge in [0.05, 0.1) is 5.69 Å². The van der Waals surface area contributed by atoms with Crippen LogP contribution in [0.1, 0.15) is 20.8 Å². The lowest BCUT2D eigenvalue weighted by atomic mass is 9.91. The molecule has 0 atom stereocenters. The Morgan fingerprint density at radius 1 is 1.27 bits per heavy atom. The minimum atomic E-state index is -0.0683. The van der Waals surface area contributed by atoms with E-state index in [2.05, 4.69) is 18.8 Å². The molecule has 0 saturated heterocycles. The second-order valence-corrected chi connectivity index (χ2v) is 4.89. The standard InChI is InChI=1S/C12H15Cl2N/c1-9(12(2,3)8-13)15-11-6-4-10(14)5-7-11/h4-7H,8H2,1-3H3. The minimum Gasteiger partial charge on any atom is -0.258 e. The molecule has 0 aliphatic carbocycles. The molecule has 1 aromatic carbocycles. The maximum Gasteiger partial charge on any atom is 0.0630 e. The van der Waals surface area contributed by atoms with Crippen LogP contribution in [0.15, 0.2) is 29.3 Å². The molecular formula is C12H15Cl2N. The fourth-order valence-corrected chi connectivity index (χ4v) is 1.28. The van der Waals surface area contributed by atoms with Gasteiger partial charge in [-0.15, -0.1) is 11.6 Å². The summed E-state index contributed by atoms with van der Waals surface area (Å²) in [5.41, 5.74) is 1.87. The van der Waals surface area contributed by atoms with Crippen LogP contribution in [0.4, 0.5) is 5.69 Å². The Balaban J connectivity index is 2.92. The average molecular weight is 244 g/mol. The zero-order valence-corrected chi connectivity index (χ0v) is 10.7. The molecule has 0 aromatic heterocycles. The van der Waals surface area contributed by atoms with Crippen molar-refractivity contribution in [3.05, 3.63) is 29.3 Å². The van der Waals surface area contributed by atoms with E-state index < -0.39 is 0 Å². The van der Waals surface area contributed by atoms with Crippen molar-refractivity contribution < 1.29 is 0 Å². The zero-order chi connectivity index (χ0) is 11.5. The van der Waals surface area contributed by atoms with Gasteiger partial charge in [-0.25, -0.2) is 0 Å². The van der Waals surface area contributed by atoms with Gasteiger partial charge in [0.1, 0.15) is 0 Å². The van der Waals surface area contributed by atoms with E-state index in [0.29, 0.717) is 5.88 Å². The van der Waals surface area contributed by atoms with Gasteiger partial charge in [-0.3, -0.25) is 4.99 Å². The molecule has 1 nitrogen and oxygen atoms in total. The third kappa shape index (κ3) is 3.51. The molecule has 1 rings (SSSR count). The van der Waals surface area contributed by atoms with E-state index >= 15 is 0 Å². The highest BCUT2D eigenvalue weighted by atomic mass is 35.5. The lowest BCUT2D eigenvalue weighted by Gasteiger charge is -2.21. The first-order valence-electron chi connectivity index (χ1n) is 4.83. The first-order valence-corrected chi connectivity index (χ1v) is 5.74. The first-order chi connectivity index (χ1) is 6.95. The molecule has 0 amide bonds. The predicted octanol–water partition coefficient (Wildman–Crippen LogP) is 4.70. The molecule has 0 unspecified atom stereocenters. The minimum absolute atomic E-state index is 0.0683. The number of halogens is 2. The van der Waals surface area contributed by atoms with Crippen LogP contribution in [0.3, 0.4) is 0 Å². The van der Waals surface area contributed by atoms with Crippen LogP contribution in [0.5, 0.6) is 0 Å². The van der Waals surface area contributed by atoms with Crippen LogP contribution in [0.25, 0.3) is 0 Å². The second kappa shape index (κ2) is 5.00. The zero-order valence-electron chi connectivity index (χ0n) is 9.22. The van der Waals surface area contributed by atoms with Gasteiger partial charge < -0.3 is 0 Å². The van der Waals surface area contributed by atoms with Crippen molar-refractivity contribution in [1.29, 1.82) is 0 Å². The molecule has 0 bridgehead atoms. The molecule has 0 radical (unpaired) electrons. The number of aliphatic imine (C=N–C) groups is 1. The number of rotatable bonds is 3. The third-order valence-corrected chi connectivity index (χ3v) is 3.36. The van der Waals surface area contributed by atoms with Crippen LogP contribution >= 0.6 is 23.2 Å². The van der Waals surface area contributed by atoms with Crippen LogP contribution in [-0.4, -0.2) is 11.6 Å². The lowest BCUT2D eigenvalue weighted by Crippen LogP contribution is -2.23. The summed E-state index contributed by atoms with van der Waals surface area (Å²) in [7, 11) is 0. The van der Waals surface area contributed by atoms with E-state index in [9.17, 15) is 0 Å². The van der Waals surface area contributed by atoms with Crippen LogP contribution in [-0.2, 0) is 0 Å². The molecule has 82 valence electrons. The number of hydrogen-bond donors (Lipinski definition) is 0. The Morgan fingerprint density at radius 3 is 2.27 bits per heavy atom. The lowest BCUT2D eigenvalue weighted by molar-refractivity contribution is 0.596. The summed E-state index contributed by atoms with van der Waals surface area (Å²) in [6, 6.07) is 7.47. The Morgan fingerprint density at radius 2 is 1.80 bits per heavy atom. The van der Waals surface area contributed by atoms with Crippen LogP contribution in [0.2, 0.25) is 5.02 Å². The largest absolute Gasteiger partial charge is 0.258 e. The van der Waals surface area contributed by atoms with Gasteiger partial charge in [-0.2, -0.15) is 0 Å². The van der Waals surface area contributed by atoms with E-state index in [0.717, 1.165) is 16.4 Å². The fourth-order valence-electron chi connectivity index (χ4n) is 0.957. The third-order valence-electron chi connectivity index (χ3n) is 2.44. The SMILES string of the molecule is CC(=Nc1ccc(Cl)cc1)C(C)(C)CCl. The highest BCUT2D eigenvalue weighted by Gasteiger charge is 2.19. The summed E-state index contributed by atoms with van der Waals surface area (Å²) in [5, 5.41) is 0.725. The van der Waals surface area contributed by atoms with E-state index in [4.69, 9.17) is 23.2 Å². The quantitative estimate of drug-likeness (QED) is 0.540. The van der Waals surface area contributed by atoms with Crippen molar-refractivity contribution in [1.82, 2.24) is 0 Å². The molecule has 1 aromatic rings. The average Bonchev–Trinajstić information content (AvgIpc) is 2.21. The van der Waals surface area contributed by atoms with Gasteiger partial charge >= 0.3 is 0 Å². The van der Waals surface area contributed by atoms with E-state index in [1.807, 2.05) is 31.2 Å². The first kappa shape index (κ1) is 12.5. The molecular weight excluding hydrogens is 229 g/mol. The normalized spacial score (nSPS) is 13.0. The molecule has 0 heterocycles. The van der Waals surface area contributed by atoms with Gasteiger partial charge in [-0.1, -0.05) is 25.4 Å². The number of benzene rings is 1. The molecule has 0 aliphatic heterocycles. The molecule has 0 fully saturated rings. The fraction of sp³-hybridized carbons (Fsp3) is 0.417. The monoisotopic (exact) mass is 243 g/mol. The summed E-state index contributed by atoms with van der Waals surface area (Å²) in [5.74, 6) is 0.565. The van der Waals surface area contributed by atoms with Crippen LogP contribution in [0, 0.1) is 5.41 Å². The second-order valence-electron chi connectivity index (χ2n) is 4.19. The predicted molar refractivity (Wildman–Crippen MR) is 68.7 cm³/mol. The number of hydrogen-bond acceptors (Lipinski definition) is 1. The van der Waals surface area contributed by atoms with Crippen LogP contribution < -0.4 is 0 Å². The maximum atomic E-state index is 5.88. The van der Waals surface area contributed by atoms with E-state index in [1.165, 1.54) is 0 Å². The summed E-state index contributed by atoms with van der Waals surface area (Å²) in [4.78, 5) is 4.52. The van der Waals surface area contributed by atoms with Gasteiger partial charge in [0, 0.05) is 22.0 Å². The topological polar surface area (TPSA) is 12.4 Å². The molecule has 3 heteroatoms. The van der Waals surface area contributed by atoms with Gasteiger partial charge in [-0.05, 0) is 31.2 Å². The van der Waals surface area contributed by atoms with Gasteiger partial charge in [0.2, 0.25) is 0 Å². The summed E-state index contributed by atoms with van der Waals surface area (Å²) < 4.78 is 0. The van der Waals surface area contributed by atoms with Gasteiger partial charge in [0.15, 0.2) is 0 Å². The van der Waals surface area contributed by atoms with Crippen molar-refractivity contribution in [2.75, 3.05) is 5.88 Å². The van der Waals surface area contributed by atoms with Crippen molar-refractivity contribution >= 4 is 34.6 Å². The van der Waals surface area contributed by atoms with Gasteiger partial charge in [0.25, 0.3) is 0 Å². The molecule has 0 saturated carbocycles. The molecule has 0 spiro atoms. The summed E-state index contributed by atoms with van der Waals surface area (Å²) in [6.07, 6.45) is 0. The Bertz CT molecular complexity index is 352. The number of nitrogens with zero attached hydrogens (tertiary/aromatic N) is 1. The highest BCUT2D eigenvalue weighted by molar-refractivity contribution is 6.30. The molecule has 0 N–H and O–H groups in total. The molecule has 15 heavy (non-hydrogen) atoms. The van der Waals surface area contributed by atoms with Crippen molar-refractivity contribution in [3.63, 3.8) is 0 Å². The Labute approximate surface area is 101 Å². The maximum absolute atomic E-state index is 5.88. The Kier molecular flexibility index (Phi) is 4.18. The Hall–Kier alpha value is -0.530. The van der Waals surface area contributed by atoms with E-state index in [1.54, 1.807) is 0 Å². The smallest absolute Gasteiger partial charge is 0.0630 e. The number of alkyl halides is 1. The van der Waals surface area contributed by atoms with Crippen molar-refractivity contribution in [2.45, 2.75) is 20.8 Å². The van der Waals surface area contributed by atoms with Crippen molar-refractivity contribution in [2.24, 2.45) is 10.4 Å². The van der Waals surface area contributed by atoms with E-state index in [-0.39, 0.29) is 5.41 Å². The van der Waals surface area contributed by atoms with Crippen molar-refractivity contribution in [3.8, 4) is 0 Å². The molecule has 0 aliphatic rings. The highest BCUT2D eigenvalue weighted by Crippen LogP contribution is 2.23. The summed E-state index contributed by atoms with van der Waals surface area (Å²) >= 11 is 11.7. The summed E-state index contributed by atoms with van der Waals surface area (Å²) in [6.45, 7) is 6.15.